The second-order valence-electron chi connectivity index (χ2n) is 5.02. The van der Waals surface area contributed by atoms with Crippen molar-refractivity contribution in [2.45, 2.75) is 6.42 Å². The molecule has 6 nitrogen and oxygen atoms in total. The van der Waals surface area contributed by atoms with E-state index in [0.717, 1.165) is 23.4 Å². The van der Waals surface area contributed by atoms with Gasteiger partial charge in [-0.05, 0) is 30.2 Å². The van der Waals surface area contributed by atoms with Crippen LogP contribution in [0.2, 0.25) is 0 Å². The number of ether oxygens (including phenoxy) is 3. The maximum Gasteiger partial charge on any atom is 0.193 e. The average Bonchev–Trinajstić information content (AvgIpc) is 2.62. The largest absolute Gasteiger partial charge is 0.496 e. The fourth-order valence-electron chi connectivity index (χ4n) is 2.31. The number of hydrogen-bond acceptors (Lipinski definition) is 4. The fraction of sp³-hybridized carbons (Fsp3) is 0.278. The first-order valence-electron chi connectivity index (χ1n) is 7.58. The van der Waals surface area contributed by atoms with Crippen LogP contribution < -0.4 is 25.3 Å². The molecule has 0 fully saturated rings. The van der Waals surface area contributed by atoms with Crippen LogP contribution in [0.4, 0.5) is 5.69 Å². The van der Waals surface area contributed by atoms with E-state index in [4.69, 9.17) is 19.9 Å². The van der Waals surface area contributed by atoms with Gasteiger partial charge >= 0.3 is 0 Å². The number of para-hydroxylation sites is 1. The molecule has 0 amide bonds. The van der Waals surface area contributed by atoms with E-state index in [-0.39, 0.29) is 0 Å². The minimum atomic E-state index is 0.345. The maximum absolute atomic E-state index is 5.94. The van der Waals surface area contributed by atoms with Crippen LogP contribution in [-0.2, 0) is 6.42 Å². The Morgan fingerprint density at radius 3 is 2.38 bits per heavy atom. The van der Waals surface area contributed by atoms with Gasteiger partial charge in [0.25, 0.3) is 0 Å². The molecular weight excluding hydrogens is 306 g/mol. The predicted octanol–water partition coefficient (Wildman–Crippen LogP) is 2.68. The van der Waals surface area contributed by atoms with Crippen LogP contribution in [0.25, 0.3) is 0 Å². The van der Waals surface area contributed by atoms with Crippen molar-refractivity contribution in [2.24, 2.45) is 10.7 Å². The zero-order valence-corrected chi connectivity index (χ0v) is 14.2. The first-order chi connectivity index (χ1) is 11.7. The van der Waals surface area contributed by atoms with Crippen molar-refractivity contribution >= 4 is 11.6 Å². The number of benzene rings is 2. The number of rotatable bonds is 7. The van der Waals surface area contributed by atoms with Crippen LogP contribution in [0.5, 0.6) is 17.2 Å². The number of nitrogens with two attached hydrogens (primary N) is 1. The number of hydrogen-bond donors (Lipinski definition) is 2. The van der Waals surface area contributed by atoms with Crippen LogP contribution >= 0.6 is 0 Å². The number of methoxy groups -OCH3 is 3. The Hall–Kier alpha value is -2.89. The first-order valence-corrected chi connectivity index (χ1v) is 7.58. The van der Waals surface area contributed by atoms with E-state index in [9.17, 15) is 0 Å². The zero-order valence-electron chi connectivity index (χ0n) is 14.2. The SMILES string of the molecule is COc1ccccc1CCN=C(N)Nc1ccc(OC)c(OC)c1. The lowest BCUT2D eigenvalue weighted by Crippen LogP contribution is -2.23. The van der Waals surface area contributed by atoms with Crippen LogP contribution in [-0.4, -0.2) is 33.8 Å². The molecule has 0 aliphatic carbocycles. The van der Waals surface area contributed by atoms with Gasteiger partial charge in [-0.1, -0.05) is 18.2 Å². The molecule has 2 aromatic carbocycles. The molecule has 0 radical (unpaired) electrons. The highest BCUT2D eigenvalue weighted by Gasteiger charge is 2.05. The third-order valence-electron chi connectivity index (χ3n) is 3.51. The Morgan fingerprint density at radius 2 is 1.67 bits per heavy atom. The number of anilines is 1. The number of nitrogens with one attached hydrogen (secondary N) is 1. The molecule has 0 aromatic heterocycles. The van der Waals surface area contributed by atoms with Crippen molar-refractivity contribution < 1.29 is 14.2 Å². The maximum atomic E-state index is 5.94. The summed E-state index contributed by atoms with van der Waals surface area (Å²) < 4.78 is 15.8. The molecular formula is C18H23N3O3. The molecule has 0 saturated heterocycles. The Balaban J connectivity index is 1.97. The molecule has 2 rings (SSSR count). The topological polar surface area (TPSA) is 78.1 Å². The summed E-state index contributed by atoms with van der Waals surface area (Å²) in [5.74, 6) is 2.50. The van der Waals surface area contributed by atoms with E-state index in [0.29, 0.717) is 24.0 Å². The van der Waals surface area contributed by atoms with E-state index in [2.05, 4.69) is 10.3 Å². The highest BCUT2D eigenvalue weighted by Crippen LogP contribution is 2.29. The Morgan fingerprint density at radius 1 is 0.958 bits per heavy atom. The molecule has 0 spiro atoms. The van der Waals surface area contributed by atoms with Gasteiger partial charge in [-0.15, -0.1) is 0 Å². The molecule has 6 heteroatoms. The Bertz CT molecular complexity index is 702. The predicted molar refractivity (Wildman–Crippen MR) is 96.4 cm³/mol. The van der Waals surface area contributed by atoms with Crippen LogP contribution in [0.1, 0.15) is 5.56 Å². The molecule has 0 aliphatic rings. The van der Waals surface area contributed by atoms with Crippen LogP contribution in [0.3, 0.4) is 0 Å². The zero-order chi connectivity index (χ0) is 17.4. The van der Waals surface area contributed by atoms with Gasteiger partial charge in [-0.2, -0.15) is 0 Å². The fourth-order valence-corrected chi connectivity index (χ4v) is 2.31. The molecule has 0 saturated carbocycles. The van der Waals surface area contributed by atoms with Crippen molar-refractivity contribution in [2.75, 3.05) is 33.2 Å². The number of nitrogens with zero attached hydrogens (tertiary/aromatic N) is 1. The summed E-state index contributed by atoms with van der Waals surface area (Å²) in [6, 6.07) is 13.3. The van der Waals surface area contributed by atoms with Crippen molar-refractivity contribution in [1.29, 1.82) is 0 Å². The van der Waals surface area contributed by atoms with Crippen molar-refractivity contribution in [3.8, 4) is 17.2 Å². The van der Waals surface area contributed by atoms with Crippen LogP contribution in [0.15, 0.2) is 47.5 Å². The first kappa shape index (κ1) is 17.5. The lowest BCUT2D eigenvalue weighted by atomic mass is 10.1. The van der Waals surface area contributed by atoms with Gasteiger partial charge in [0.05, 0.1) is 21.3 Å². The summed E-state index contributed by atoms with van der Waals surface area (Å²) in [5, 5.41) is 3.04. The second-order valence-corrected chi connectivity index (χ2v) is 5.02. The molecule has 128 valence electrons. The highest BCUT2D eigenvalue weighted by molar-refractivity contribution is 5.92. The third kappa shape index (κ3) is 4.55. The summed E-state index contributed by atoms with van der Waals surface area (Å²) >= 11 is 0. The van der Waals surface area contributed by atoms with Gasteiger partial charge in [0, 0.05) is 18.3 Å². The average molecular weight is 329 g/mol. The van der Waals surface area contributed by atoms with E-state index in [1.165, 1.54) is 0 Å². The summed E-state index contributed by atoms with van der Waals surface area (Å²) in [5.41, 5.74) is 7.82. The highest BCUT2D eigenvalue weighted by atomic mass is 16.5. The molecule has 0 heterocycles. The van der Waals surface area contributed by atoms with Gasteiger partial charge in [0.15, 0.2) is 17.5 Å². The number of aliphatic imine (C=N–C) groups is 1. The van der Waals surface area contributed by atoms with Gasteiger partial charge < -0.3 is 25.3 Å². The summed E-state index contributed by atoms with van der Waals surface area (Å²) in [7, 11) is 4.85. The Labute approximate surface area is 142 Å². The normalized spacial score (nSPS) is 11.0. The minimum Gasteiger partial charge on any atom is -0.496 e. The van der Waals surface area contributed by atoms with Gasteiger partial charge in [0.1, 0.15) is 5.75 Å². The molecule has 0 atom stereocenters. The molecule has 0 bridgehead atoms. The molecule has 0 unspecified atom stereocenters. The van der Waals surface area contributed by atoms with Crippen molar-refractivity contribution in [3.05, 3.63) is 48.0 Å². The lowest BCUT2D eigenvalue weighted by Gasteiger charge is -2.11. The molecule has 2 aromatic rings. The van der Waals surface area contributed by atoms with Gasteiger partial charge in [-0.25, -0.2) is 0 Å². The molecule has 24 heavy (non-hydrogen) atoms. The minimum absolute atomic E-state index is 0.345. The Kier molecular flexibility index (Phi) is 6.31. The van der Waals surface area contributed by atoms with Crippen molar-refractivity contribution in [3.63, 3.8) is 0 Å². The monoisotopic (exact) mass is 329 g/mol. The summed E-state index contributed by atoms with van der Waals surface area (Å²) in [6.07, 6.45) is 0.748. The second kappa shape index (κ2) is 8.67. The van der Waals surface area contributed by atoms with E-state index < -0.39 is 0 Å². The quantitative estimate of drug-likeness (QED) is 0.603. The standard InChI is InChI=1S/C18H23N3O3/c1-22-15-7-5-4-6-13(15)10-11-20-18(19)21-14-8-9-16(23-2)17(12-14)24-3/h4-9,12H,10-11H2,1-3H3,(H3,19,20,21). The lowest BCUT2D eigenvalue weighted by molar-refractivity contribution is 0.355. The van der Waals surface area contributed by atoms with Crippen molar-refractivity contribution in [1.82, 2.24) is 0 Å². The van der Waals surface area contributed by atoms with E-state index in [1.54, 1.807) is 27.4 Å². The molecule has 0 aliphatic heterocycles. The van der Waals surface area contributed by atoms with E-state index in [1.807, 2.05) is 36.4 Å². The van der Waals surface area contributed by atoms with Gasteiger partial charge in [0.2, 0.25) is 0 Å². The van der Waals surface area contributed by atoms with Crippen LogP contribution in [0, 0.1) is 0 Å². The summed E-state index contributed by atoms with van der Waals surface area (Å²) in [6.45, 7) is 0.562. The summed E-state index contributed by atoms with van der Waals surface area (Å²) in [4.78, 5) is 4.34. The smallest absolute Gasteiger partial charge is 0.193 e. The third-order valence-corrected chi connectivity index (χ3v) is 3.51. The van der Waals surface area contributed by atoms with Gasteiger partial charge in [-0.3, -0.25) is 4.99 Å². The van der Waals surface area contributed by atoms with E-state index >= 15 is 0 Å². The molecule has 3 N–H and O–H groups in total. The number of guanidine groups is 1.